The summed E-state index contributed by atoms with van der Waals surface area (Å²) in [5, 5.41) is 5.56. The van der Waals surface area contributed by atoms with Gasteiger partial charge in [-0.05, 0) is 48.6 Å². The molecule has 2 rings (SSSR count). The maximum Gasteiger partial charge on any atom is 0.257 e. The van der Waals surface area contributed by atoms with Crippen molar-refractivity contribution in [1.82, 2.24) is 5.32 Å². The van der Waals surface area contributed by atoms with Crippen LogP contribution in [0.1, 0.15) is 10.4 Å². The van der Waals surface area contributed by atoms with Gasteiger partial charge in [0.05, 0.1) is 0 Å². The van der Waals surface area contributed by atoms with Crippen LogP contribution in [0, 0.1) is 6.92 Å². The van der Waals surface area contributed by atoms with Crippen LogP contribution in [0.15, 0.2) is 35.7 Å². The first-order chi connectivity index (χ1) is 9.65. The van der Waals surface area contributed by atoms with E-state index in [-0.39, 0.29) is 12.5 Å². The van der Waals surface area contributed by atoms with Gasteiger partial charge in [0.1, 0.15) is 5.75 Å². The summed E-state index contributed by atoms with van der Waals surface area (Å²) in [6.07, 6.45) is 0.851. The van der Waals surface area contributed by atoms with Gasteiger partial charge < -0.3 is 10.1 Å². The second-order valence-electron chi connectivity index (χ2n) is 4.38. The normalized spacial score (nSPS) is 10.3. The summed E-state index contributed by atoms with van der Waals surface area (Å²) < 4.78 is 5.42. The Balaban J connectivity index is 1.70. The number of carbonyl (C=O) groups is 1. The van der Waals surface area contributed by atoms with Crippen LogP contribution in [0.2, 0.25) is 5.02 Å². The minimum Gasteiger partial charge on any atom is -0.484 e. The number of hydrogen-bond acceptors (Lipinski definition) is 3. The number of ether oxygens (including phenoxy) is 1. The summed E-state index contributed by atoms with van der Waals surface area (Å²) in [4.78, 5) is 12.9. The number of carbonyl (C=O) groups excluding carboxylic acids is 1. The molecule has 1 amide bonds. The molecule has 0 unspecified atom stereocenters. The summed E-state index contributed by atoms with van der Waals surface area (Å²) in [6.45, 7) is 2.55. The smallest absolute Gasteiger partial charge is 0.257 e. The Morgan fingerprint density at radius 1 is 1.40 bits per heavy atom. The summed E-state index contributed by atoms with van der Waals surface area (Å²) in [6, 6.07) is 9.41. The van der Waals surface area contributed by atoms with Crippen LogP contribution >= 0.6 is 22.9 Å². The molecule has 1 heterocycles. The standard InChI is InChI=1S/C15H16ClNO2S/c1-11-9-12(4-5-14(11)16)19-10-15(18)17-7-6-13-3-2-8-20-13/h2-5,8-9H,6-7,10H2,1H3,(H,17,18). The molecule has 0 spiro atoms. The van der Waals surface area contributed by atoms with E-state index in [1.165, 1.54) is 4.88 Å². The predicted octanol–water partition coefficient (Wildman–Crippen LogP) is 3.45. The molecule has 0 aliphatic carbocycles. The van der Waals surface area contributed by atoms with Gasteiger partial charge >= 0.3 is 0 Å². The lowest BCUT2D eigenvalue weighted by atomic mass is 10.2. The molecule has 0 saturated heterocycles. The molecule has 0 fully saturated rings. The van der Waals surface area contributed by atoms with Crippen LogP contribution in [-0.2, 0) is 11.2 Å². The van der Waals surface area contributed by atoms with E-state index in [0.29, 0.717) is 17.3 Å². The summed E-state index contributed by atoms with van der Waals surface area (Å²) in [5.74, 6) is 0.537. The van der Waals surface area contributed by atoms with Crippen LogP contribution in [0.5, 0.6) is 5.75 Å². The van der Waals surface area contributed by atoms with Gasteiger partial charge in [-0.15, -0.1) is 11.3 Å². The first-order valence-electron chi connectivity index (χ1n) is 6.33. The zero-order valence-corrected chi connectivity index (χ0v) is 12.8. The fourth-order valence-corrected chi connectivity index (χ4v) is 2.51. The highest BCUT2D eigenvalue weighted by Crippen LogP contribution is 2.20. The third-order valence-electron chi connectivity index (χ3n) is 2.77. The van der Waals surface area contributed by atoms with Crippen molar-refractivity contribution < 1.29 is 9.53 Å². The highest BCUT2D eigenvalue weighted by Gasteiger charge is 2.04. The van der Waals surface area contributed by atoms with Gasteiger partial charge in [-0.3, -0.25) is 4.79 Å². The lowest BCUT2D eigenvalue weighted by Crippen LogP contribution is -2.30. The van der Waals surface area contributed by atoms with Crippen LogP contribution in [-0.4, -0.2) is 19.1 Å². The maximum absolute atomic E-state index is 11.6. The SMILES string of the molecule is Cc1cc(OCC(=O)NCCc2cccs2)ccc1Cl. The molecule has 0 saturated carbocycles. The average molecular weight is 310 g/mol. The number of benzene rings is 1. The molecule has 106 valence electrons. The highest BCUT2D eigenvalue weighted by atomic mass is 35.5. The van der Waals surface area contributed by atoms with E-state index in [9.17, 15) is 4.79 Å². The molecule has 2 aromatic rings. The zero-order valence-electron chi connectivity index (χ0n) is 11.2. The van der Waals surface area contributed by atoms with E-state index < -0.39 is 0 Å². The Morgan fingerprint density at radius 3 is 2.95 bits per heavy atom. The predicted molar refractivity (Wildman–Crippen MR) is 82.7 cm³/mol. The second kappa shape index (κ2) is 7.31. The fraction of sp³-hybridized carbons (Fsp3) is 0.267. The Labute approximate surface area is 127 Å². The van der Waals surface area contributed by atoms with E-state index >= 15 is 0 Å². The lowest BCUT2D eigenvalue weighted by molar-refractivity contribution is -0.123. The maximum atomic E-state index is 11.6. The summed E-state index contributed by atoms with van der Waals surface area (Å²) in [5.41, 5.74) is 0.933. The number of halogens is 1. The molecule has 0 radical (unpaired) electrons. The quantitative estimate of drug-likeness (QED) is 0.887. The van der Waals surface area contributed by atoms with Crippen molar-refractivity contribution >= 4 is 28.8 Å². The van der Waals surface area contributed by atoms with Gasteiger partial charge in [0.2, 0.25) is 0 Å². The van der Waals surface area contributed by atoms with Crippen molar-refractivity contribution in [2.24, 2.45) is 0 Å². The van der Waals surface area contributed by atoms with Crippen molar-refractivity contribution in [2.45, 2.75) is 13.3 Å². The molecule has 1 N–H and O–H groups in total. The minimum absolute atomic E-state index is 0.0194. The Hall–Kier alpha value is -1.52. The molecule has 0 aliphatic rings. The number of rotatable bonds is 6. The molecular weight excluding hydrogens is 294 g/mol. The van der Waals surface area contributed by atoms with Gasteiger partial charge in [0.15, 0.2) is 6.61 Å². The lowest BCUT2D eigenvalue weighted by Gasteiger charge is -2.08. The number of hydrogen-bond donors (Lipinski definition) is 1. The van der Waals surface area contributed by atoms with Gasteiger partial charge in [0, 0.05) is 16.4 Å². The Morgan fingerprint density at radius 2 is 2.25 bits per heavy atom. The molecule has 20 heavy (non-hydrogen) atoms. The van der Waals surface area contributed by atoms with Crippen molar-refractivity contribution in [3.8, 4) is 5.75 Å². The van der Waals surface area contributed by atoms with E-state index in [1.54, 1.807) is 23.5 Å². The molecule has 1 aromatic carbocycles. The van der Waals surface area contributed by atoms with E-state index in [1.807, 2.05) is 24.4 Å². The third kappa shape index (κ3) is 4.54. The Kier molecular flexibility index (Phi) is 5.44. The van der Waals surface area contributed by atoms with Crippen molar-refractivity contribution in [3.63, 3.8) is 0 Å². The van der Waals surface area contributed by atoms with Gasteiger partial charge in [-0.25, -0.2) is 0 Å². The average Bonchev–Trinajstić information content (AvgIpc) is 2.93. The highest BCUT2D eigenvalue weighted by molar-refractivity contribution is 7.09. The van der Waals surface area contributed by atoms with Gasteiger partial charge in [-0.1, -0.05) is 17.7 Å². The fourth-order valence-electron chi connectivity index (χ4n) is 1.69. The largest absolute Gasteiger partial charge is 0.484 e. The topological polar surface area (TPSA) is 38.3 Å². The van der Waals surface area contributed by atoms with Crippen molar-refractivity contribution in [3.05, 3.63) is 51.2 Å². The first-order valence-corrected chi connectivity index (χ1v) is 7.59. The second-order valence-corrected chi connectivity index (χ2v) is 5.82. The number of thiophene rings is 1. The minimum atomic E-state index is -0.117. The Bertz CT molecular complexity index is 569. The summed E-state index contributed by atoms with van der Waals surface area (Å²) >= 11 is 7.62. The number of nitrogens with one attached hydrogen (secondary N) is 1. The number of aryl methyl sites for hydroxylation is 1. The first kappa shape index (κ1) is 14.9. The van der Waals surface area contributed by atoms with Crippen LogP contribution in [0.3, 0.4) is 0 Å². The molecule has 5 heteroatoms. The van der Waals surface area contributed by atoms with Crippen molar-refractivity contribution in [1.29, 1.82) is 0 Å². The zero-order chi connectivity index (χ0) is 14.4. The molecular formula is C15H16ClNO2S. The van der Waals surface area contributed by atoms with Crippen LogP contribution < -0.4 is 10.1 Å². The summed E-state index contributed by atoms with van der Waals surface area (Å²) in [7, 11) is 0. The van der Waals surface area contributed by atoms with Gasteiger partial charge in [0.25, 0.3) is 5.91 Å². The van der Waals surface area contributed by atoms with Gasteiger partial charge in [-0.2, -0.15) is 0 Å². The van der Waals surface area contributed by atoms with E-state index in [4.69, 9.17) is 16.3 Å². The molecule has 3 nitrogen and oxygen atoms in total. The monoisotopic (exact) mass is 309 g/mol. The molecule has 0 atom stereocenters. The van der Waals surface area contributed by atoms with Crippen LogP contribution in [0.4, 0.5) is 0 Å². The number of amides is 1. The third-order valence-corrected chi connectivity index (χ3v) is 4.13. The van der Waals surface area contributed by atoms with Crippen molar-refractivity contribution in [2.75, 3.05) is 13.2 Å². The molecule has 1 aromatic heterocycles. The molecule has 0 aliphatic heterocycles. The van der Waals surface area contributed by atoms with Crippen LogP contribution in [0.25, 0.3) is 0 Å². The molecule has 0 bridgehead atoms. The van der Waals surface area contributed by atoms with E-state index in [2.05, 4.69) is 11.4 Å². The van der Waals surface area contributed by atoms with E-state index in [0.717, 1.165) is 12.0 Å².